The average Bonchev–Trinajstić information content (AvgIpc) is 3.51. The van der Waals surface area contributed by atoms with Crippen molar-refractivity contribution in [2.45, 2.75) is 42.9 Å². The fraction of sp³-hybridized carbons (Fsp3) is 0.0541. The molecule has 17 rings (SSSR count). The Labute approximate surface area is 462 Å². The van der Waals surface area contributed by atoms with Gasteiger partial charge in [0.2, 0.25) is 0 Å². The van der Waals surface area contributed by atoms with Gasteiger partial charge in [-0.1, -0.05) is 224 Å². The molecule has 11 aromatic carbocycles. The number of aromatic nitrogens is 1. The van der Waals surface area contributed by atoms with Crippen molar-refractivity contribution >= 4 is 62.4 Å². The lowest BCUT2D eigenvalue weighted by Crippen LogP contribution is -2.32. The van der Waals surface area contributed by atoms with Gasteiger partial charge in [-0.2, -0.15) is 0 Å². The molecule has 0 bridgehead atoms. The molecule has 0 N–H and O–H groups in total. The summed E-state index contributed by atoms with van der Waals surface area (Å²) in [5, 5.41) is 2.57. The topological polar surface area (TPSA) is 8.17 Å². The summed E-state index contributed by atoms with van der Waals surface area (Å²) >= 11 is 3.79. The lowest BCUT2D eigenvalue weighted by atomic mass is 9.67. The Morgan fingerprint density at radius 3 is 1.50 bits per heavy atom. The summed E-state index contributed by atoms with van der Waals surface area (Å²) in [6, 6.07) is 95.0. The summed E-state index contributed by atoms with van der Waals surface area (Å²) in [6.07, 6.45) is 9.97. The molecule has 2 aliphatic heterocycles. The number of benzene rings is 11. The maximum atomic E-state index is 2.56. The SMILES string of the molecule is C1=CCC(n2c3ccccc3c3ccc(-c4cccc(N(c5ccc6c(c5)-c5ccccc5C65c6ccccc6Sc6ccccc65)c5ccc6c(c5)C5(c7ccccc7Sc7ccccc75)c5ccccc5-6)c4)cc32)C=C1. The second-order valence-electron chi connectivity index (χ2n) is 21.4. The molecule has 2 spiro atoms. The molecule has 0 amide bonds. The van der Waals surface area contributed by atoms with Gasteiger partial charge in [0, 0.05) is 52.9 Å². The number of hydrogen-bond donors (Lipinski definition) is 0. The van der Waals surface area contributed by atoms with Crippen LogP contribution in [-0.4, -0.2) is 4.57 Å². The summed E-state index contributed by atoms with van der Waals surface area (Å²) in [6.45, 7) is 0. The molecule has 3 heterocycles. The quantitative estimate of drug-likeness (QED) is 0.170. The zero-order valence-electron chi connectivity index (χ0n) is 42.5. The van der Waals surface area contributed by atoms with Gasteiger partial charge >= 0.3 is 0 Å². The second-order valence-corrected chi connectivity index (χ2v) is 23.5. The molecule has 0 radical (unpaired) electrons. The molecule has 2 nitrogen and oxygen atoms in total. The van der Waals surface area contributed by atoms with Crippen LogP contribution < -0.4 is 4.90 Å². The number of fused-ring (bicyclic) bond motifs is 21. The molecule has 1 atom stereocenters. The van der Waals surface area contributed by atoms with Gasteiger partial charge in [0.1, 0.15) is 0 Å². The minimum absolute atomic E-state index is 0.240. The first-order valence-electron chi connectivity index (χ1n) is 27.2. The molecule has 1 aromatic heterocycles. The van der Waals surface area contributed by atoms with E-state index in [4.69, 9.17) is 0 Å². The standard InChI is InChI=1S/C74H48N2S2/c1-2-20-49(21-3-1)76-67-32-13-6-25-56(67)57-40-37-48(44-68(57)76)47-19-18-22-50(43-47)75(51-39-42-61-58(45-51)54-24-5-8-27-60(54)73(61)62-28-9-14-33-69(62)77-70-34-15-10-29-63(70)73)52-38-41-55-53-23-4-7-26-59(53)74(66(55)46-52)64-30-11-16-35-71(64)78-72-36-17-12-31-65(72)74/h1-20,22-46,49H,21H2. The summed E-state index contributed by atoms with van der Waals surface area (Å²) < 4.78 is 2.56. The normalized spacial score (nSPS) is 16.0. The van der Waals surface area contributed by atoms with E-state index in [-0.39, 0.29) is 6.04 Å². The fourth-order valence-electron chi connectivity index (χ4n) is 14.5. The van der Waals surface area contributed by atoms with Crippen LogP contribution in [0.3, 0.4) is 0 Å². The van der Waals surface area contributed by atoms with Crippen molar-refractivity contribution in [3.63, 3.8) is 0 Å². The molecular weight excluding hydrogens is 981 g/mol. The molecule has 366 valence electrons. The van der Waals surface area contributed by atoms with Crippen molar-refractivity contribution in [2.24, 2.45) is 0 Å². The number of allylic oxidation sites excluding steroid dienone is 4. The van der Waals surface area contributed by atoms with Gasteiger partial charge in [0.25, 0.3) is 0 Å². The minimum Gasteiger partial charge on any atom is -0.333 e. The Morgan fingerprint density at radius 2 is 0.846 bits per heavy atom. The van der Waals surface area contributed by atoms with E-state index in [2.05, 4.69) is 282 Å². The van der Waals surface area contributed by atoms with Crippen LogP contribution in [0.2, 0.25) is 0 Å². The monoisotopic (exact) mass is 1030 g/mol. The fourth-order valence-corrected chi connectivity index (χ4v) is 16.9. The van der Waals surface area contributed by atoms with Crippen molar-refractivity contribution in [3.05, 3.63) is 318 Å². The first-order valence-corrected chi connectivity index (χ1v) is 28.8. The van der Waals surface area contributed by atoms with Crippen molar-refractivity contribution < 1.29 is 0 Å². The van der Waals surface area contributed by atoms with Crippen LogP contribution >= 0.6 is 23.5 Å². The van der Waals surface area contributed by atoms with Crippen molar-refractivity contribution in [3.8, 4) is 33.4 Å². The summed E-state index contributed by atoms with van der Waals surface area (Å²) in [5.41, 5.74) is 23.0. The molecule has 0 fully saturated rings. The van der Waals surface area contributed by atoms with Gasteiger partial charge in [-0.3, -0.25) is 0 Å². The third-order valence-corrected chi connectivity index (χ3v) is 19.9. The Bertz CT molecular complexity index is 4500. The van der Waals surface area contributed by atoms with Crippen molar-refractivity contribution in [1.82, 2.24) is 4.57 Å². The highest BCUT2D eigenvalue weighted by molar-refractivity contribution is 7.99. The average molecular weight is 1030 g/mol. The van der Waals surface area contributed by atoms with Gasteiger partial charge in [0.15, 0.2) is 0 Å². The van der Waals surface area contributed by atoms with E-state index in [1.807, 2.05) is 23.5 Å². The minimum atomic E-state index is -0.520. The van der Waals surface area contributed by atoms with E-state index in [1.165, 1.54) is 119 Å². The Morgan fingerprint density at radius 1 is 0.346 bits per heavy atom. The molecule has 3 aliphatic carbocycles. The predicted molar refractivity (Wildman–Crippen MR) is 324 cm³/mol. The van der Waals surface area contributed by atoms with E-state index >= 15 is 0 Å². The highest BCUT2D eigenvalue weighted by atomic mass is 32.2. The van der Waals surface area contributed by atoms with Crippen LogP contribution in [0.25, 0.3) is 55.2 Å². The molecular formula is C74H48N2S2. The molecule has 78 heavy (non-hydrogen) atoms. The van der Waals surface area contributed by atoms with E-state index in [0.717, 1.165) is 23.5 Å². The molecule has 0 saturated carbocycles. The van der Waals surface area contributed by atoms with Crippen LogP contribution in [0.1, 0.15) is 57.0 Å². The maximum absolute atomic E-state index is 2.56. The Balaban J connectivity index is 0.909. The number of hydrogen-bond acceptors (Lipinski definition) is 3. The van der Waals surface area contributed by atoms with Crippen LogP contribution in [0, 0.1) is 0 Å². The lowest BCUT2D eigenvalue weighted by molar-refractivity contribution is 0.648. The largest absolute Gasteiger partial charge is 0.333 e. The van der Waals surface area contributed by atoms with Gasteiger partial charge in [-0.05, 0) is 157 Å². The first kappa shape index (κ1) is 44.3. The number of anilines is 3. The molecule has 0 saturated heterocycles. The number of nitrogens with zero attached hydrogens (tertiary/aromatic N) is 2. The van der Waals surface area contributed by atoms with E-state index in [1.54, 1.807) is 0 Å². The zero-order chi connectivity index (χ0) is 51.1. The highest BCUT2D eigenvalue weighted by Gasteiger charge is 2.52. The first-order chi connectivity index (χ1) is 38.7. The smallest absolute Gasteiger partial charge is 0.0736 e. The lowest BCUT2D eigenvalue weighted by Gasteiger charge is -2.40. The molecule has 12 aromatic rings. The van der Waals surface area contributed by atoms with Gasteiger partial charge in [-0.25, -0.2) is 0 Å². The van der Waals surface area contributed by atoms with Gasteiger partial charge < -0.3 is 9.47 Å². The van der Waals surface area contributed by atoms with Crippen LogP contribution in [0.15, 0.2) is 293 Å². The Kier molecular flexibility index (Phi) is 9.58. The van der Waals surface area contributed by atoms with Crippen molar-refractivity contribution in [1.29, 1.82) is 0 Å². The molecule has 5 aliphatic rings. The highest BCUT2D eigenvalue weighted by Crippen LogP contribution is 2.65. The summed E-state index contributed by atoms with van der Waals surface area (Å²) in [7, 11) is 0. The number of rotatable bonds is 5. The third kappa shape index (κ3) is 6.02. The summed E-state index contributed by atoms with van der Waals surface area (Å²) in [4.78, 5) is 7.76. The van der Waals surface area contributed by atoms with E-state index < -0.39 is 10.8 Å². The molecule has 4 heteroatoms. The maximum Gasteiger partial charge on any atom is 0.0736 e. The van der Waals surface area contributed by atoms with Gasteiger partial charge in [-0.15, -0.1) is 0 Å². The van der Waals surface area contributed by atoms with Crippen LogP contribution in [-0.2, 0) is 10.8 Å². The van der Waals surface area contributed by atoms with Crippen molar-refractivity contribution in [2.75, 3.05) is 4.90 Å². The van der Waals surface area contributed by atoms with E-state index in [0.29, 0.717) is 0 Å². The van der Waals surface area contributed by atoms with E-state index in [9.17, 15) is 0 Å². The predicted octanol–water partition coefficient (Wildman–Crippen LogP) is 19.6. The second kappa shape index (κ2) is 16.8. The summed E-state index contributed by atoms with van der Waals surface area (Å²) in [5.74, 6) is 0. The van der Waals surface area contributed by atoms with Gasteiger partial charge in [0.05, 0.1) is 22.4 Å². The number of para-hydroxylation sites is 1. The van der Waals surface area contributed by atoms with Crippen LogP contribution in [0.4, 0.5) is 17.1 Å². The molecule has 1 unspecified atom stereocenters. The third-order valence-electron chi connectivity index (χ3n) is 17.6. The van der Waals surface area contributed by atoms with Crippen LogP contribution in [0.5, 0.6) is 0 Å². The zero-order valence-corrected chi connectivity index (χ0v) is 44.1. The Hall–Kier alpha value is -8.80.